The minimum atomic E-state index is 0.816. The molecule has 2 heterocycles. The topological polar surface area (TPSA) is 28.2 Å². The quantitative estimate of drug-likeness (QED) is 0.858. The molecule has 1 aromatic heterocycles. The number of thiazole rings is 1. The van der Waals surface area contributed by atoms with Crippen molar-refractivity contribution in [2.75, 3.05) is 24.5 Å². The van der Waals surface area contributed by atoms with Crippen LogP contribution in [0.15, 0.2) is 0 Å². The van der Waals surface area contributed by atoms with E-state index in [1.54, 1.807) is 0 Å². The van der Waals surface area contributed by atoms with Crippen LogP contribution in [0.1, 0.15) is 57.5 Å². The monoisotopic (exact) mass is 309 g/mol. The van der Waals surface area contributed by atoms with Gasteiger partial charge in [0.05, 0.1) is 5.69 Å². The van der Waals surface area contributed by atoms with Crippen molar-refractivity contribution in [1.29, 1.82) is 0 Å². The van der Waals surface area contributed by atoms with E-state index in [4.69, 9.17) is 4.98 Å². The zero-order valence-electron chi connectivity index (χ0n) is 14.1. The zero-order valence-corrected chi connectivity index (χ0v) is 14.9. The van der Waals surface area contributed by atoms with Crippen LogP contribution < -0.4 is 10.2 Å². The van der Waals surface area contributed by atoms with Gasteiger partial charge >= 0.3 is 0 Å². The lowest BCUT2D eigenvalue weighted by molar-refractivity contribution is 0.351. The van der Waals surface area contributed by atoms with Gasteiger partial charge in [-0.05, 0) is 44.1 Å². The number of aromatic nitrogens is 1. The lowest BCUT2D eigenvalue weighted by Gasteiger charge is -2.20. The van der Waals surface area contributed by atoms with Crippen LogP contribution >= 0.6 is 11.3 Å². The highest BCUT2D eigenvalue weighted by Gasteiger charge is 2.22. The van der Waals surface area contributed by atoms with Gasteiger partial charge in [-0.2, -0.15) is 0 Å². The van der Waals surface area contributed by atoms with Gasteiger partial charge in [-0.3, -0.25) is 0 Å². The van der Waals surface area contributed by atoms with Gasteiger partial charge in [0.15, 0.2) is 5.13 Å². The Kier molecular flexibility index (Phi) is 6.49. The minimum absolute atomic E-state index is 0.816. The van der Waals surface area contributed by atoms with E-state index in [9.17, 15) is 0 Å². The molecule has 1 saturated heterocycles. The highest BCUT2D eigenvalue weighted by molar-refractivity contribution is 7.15. The Morgan fingerprint density at radius 3 is 2.76 bits per heavy atom. The van der Waals surface area contributed by atoms with E-state index in [1.807, 2.05) is 11.3 Å². The minimum Gasteiger partial charge on any atom is -0.348 e. The van der Waals surface area contributed by atoms with E-state index in [-0.39, 0.29) is 0 Å². The number of nitrogens with one attached hydrogen (secondary N) is 1. The number of anilines is 1. The van der Waals surface area contributed by atoms with Gasteiger partial charge in [-0.25, -0.2) is 4.98 Å². The number of aryl methyl sites for hydroxylation is 1. The fraction of sp³-hybridized carbons (Fsp3) is 0.824. The van der Waals surface area contributed by atoms with Gasteiger partial charge < -0.3 is 10.2 Å². The maximum absolute atomic E-state index is 4.92. The van der Waals surface area contributed by atoms with Gasteiger partial charge in [-0.1, -0.05) is 27.7 Å². The summed E-state index contributed by atoms with van der Waals surface area (Å²) in [4.78, 5) is 8.88. The van der Waals surface area contributed by atoms with Crippen molar-refractivity contribution in [3.63, 3.8) is 0 Å². The average Bonchev–Trinajstić information content (AvgIpc) is 2.71. The van der Waals surface area contributed by atoms with Crippen molar-refractivity contribution in [3.05, 3.63) is 10.6 Å². The molecule has 1 fully saturated rings. The molecule has 3 nitrogen and oxygen atoms in total. The molecule has 1 N–H and O–H groups in total. The predicted octanol–water partition coefficient (Wildman–Crippen LogP) is 4.08. The van der Waals surface area contributed by atoms with Crippen molar-refractivity contribution in [1.82, 2.24) is 10.3 Å². The van der Waals surface area contributed by atoms with Crippen LogP contribution in [0.5, 0.6) is 0 Å². The number of hydrogen-bond acceptors (Lipinski definition) is 4. The Morgan fingerprint density at radius 2 is 2.10 bits per heavy atom. The van der Waals surface area contributed by atoms with Crippen LogP contribution in [0.3, 0.4) is 0 Å². The second-order valence-corrected chi connectivity index (χ2v) is 7.48. The van der Waals surface area contributed by atoms with E-state index >= 15 is 0 Å². The summed E-state index contributed by atoms with van der Waals surface area (Å²) in [5.74, 6) is 1.71. The summed E-state index contributed by atoms with van der Waals surface area (Å²) in [5, 5.41) is 4.70. The summed E-state index contributed by atoms with van der Waals surface area (Å²) in [7, 11) is 0. The van der Waals surface area contributed by atoms with Crippen LogP contribution in [0.4, 0.5) is 5.13 Å². The maximum Gasteiger partial charge on any atom is 0.185 e. The second-order valence-electron chi connectivity index (χ2n) is 6.42. The Labute approximate surface area is 134 Å². The summed E-state index contributed by atoms with van der Waals surface area (Å²) in [6.07, 6.45) is 5.05. The number of nitrogens with zero attached hydrogens (tertiary/aromatic N) is 2. The molecule has 0 radical (unpaired) electrons. The molecule has 1 unspecified atom stereocenters. The molecule has 0 saturated carbocycles. The van der Waals surface area contributed by atoms with E-state index in [2.05, 4.69) is 37.9 Å². The normalized spacial score (nSPS) is 20.0. The molecule has 4 heteroatoms. The largest absolute Gasteiger partial charge is 0.348 e. The van der Waals surface area contributed by atoms with Gasteiger partial charge in [0.1, 0.15) is 0 Å². The van der Waals surface area contributed by atoms with Crippen molar-refractivity contribution in [2.45, 2.75) is 59.9 Å². The summed E-state index contributed by atoms with van der Waals surface area (Å²) in [6, 6.07) is 0. The Bertz CT molecular complexity index is 428. The standard InChI is InChI=1S/C17H31N3S/c1-5-15-16(12-18-6-2)21-17(19-15)20-10-7-8-14(9-11-20)13(3)4/h13-14,18H,5-12H2,1-4H3. The Hall–Kier alpha value is -0.610. The van der Waals surface area contributed by atoms with Crippen LogP contribution in [-0.2, 0) is 13.0 Å². The molecule has 120 valence electrons. The van der Waals surface area contributed by atoms with E-state index < -0.39 is 0 Å². The van der Waals surface area contributed by atoms with E-state index in [1.165, 1.54) is 48.1 Å². The van der Waals surface area contributed by atoms with Crippen LogP contribution in [0.2, 0.25) is 0 Å². The Morgan fingerprint density at radius 1 is 1.29 bits per heavy atom. The molecule has 0 amide bonds. The van der Waals surface area contributed by atoms with Gasteiger partial charge in [0, 0.05) is 24.5 Å². The second kappa shape index (κ2) is 8.14. The van der Waals surface area contributed by atoms with Crippen molar-refractivity contribution in [2.24, 2.45) is 11.8 Å². The SMILES string of the molecule is CCNCc1sc(N2CCCC(C(C)C)CC2)nc1CC. The third-order valence-corrected chi connectivity index (χ3v) is 5.78. The highest BCUT2D eigenvalue weighted by atomic mass is 32.1. The molecular formula is C17H31N3S. The molecule has 0 aromatic carbocycles. The molecule has 1 aromatic rings. The molecule has 1 aliphatic rings. The lowest BCUT2D eigenvalue weighted by atomic mass is 9.89. The van der Waals surface area contributed by atoms with E-state index in [0.29, 0.717) is 0 Å². The fourth-order valence-corrected chi connectivity index (χ4v) is 4.31. The Balaban J connectivity index is 2.05. The molecule has 0 spiro atoms. The summed E-state index contributed by atoms with van der Waals surface area (Å²) in [6.45, 7) is 13.5. The first-order valence-corrected chi connectivity index (χ1v) is 9.41. The van der Waals surface area contributed by atoms with Gasteiger partial charge in [-0.15, -0.1) is 11.3 Å². The summed E-state index contributed by atoms with van der Waals surface area (Å²) in [5.41, 5.74) is 1.29. The first-order valence-electron chi connectivity index (χ1n) is 8.59. The first kappa shape index (κ1) is 16.8. The fourth-order valence-electron chi connectivity index (χ4n) is 3.14. The third kappa shape index (κ3) is 4.43. The molecule has 1 atom stereocenters. The van der Waals surface area contributed by atoms with Crippen molar-refractivity contribution < 1.29 is 0 Å². The highest BCUT2D eigenvalue weighted by Crippen LogP contribution is 2.31. The summed E-state index contributed by atoms with van der Waals surface area (Å²) < 4.78 is 0. The smallest absolute Gasteiger partial charge is 0.185 e. The molecule has 21 heavy (non-hydrogen) atoms. The van der Waals surface area contributed by atoms with Gasteiger partial charge in [0.2, 0.25) is 0 Å². The number of rotatable bonds is 6. The van der Waals surface area contributed by atoms with Crippen LogP contribution in [0, 0.1) is 11.8 Å². The predicted molar refractivity (Wildman–Crippen MR) is 93.3 cm³/mol. The van der Waals surface area contributed by atoms with Crippen molar-refractivity contribution in [3.8, 4) is 0 Å². The lowest BCUT2D eigenvalue weighted by Crippen LogP contribution is -2.24. The van der Waals surface area contributed by atoms with Crippen LogP contribution in [-0.4, -0.2) is 24.6 Å². The molecule has 2 rings (SSSR count). The maximum atomic E-state index is 4.92. The zero-order chi connectivity index (χ0) is 15.2. The number of hydrogen-bond donors (Lipinski definition) is 1. The molecule has 1 aliphatic heterocycles. The molecule has 0 bridgehead atoms. The average molecular weight is 310 g/mol. The van der Waals surface area contributed by atoms with Crippen molar-refractivity contribution >= 4 is 16.5 Å². The van der Waals surface area contributed by atoms with Gasteiger partial charge in [0.25, 0.3) is 0 Å². The van der Waals surface area contributed by atoms with E-state index in [0.717, 1.165) is 31.3 Å². The molecule has 0 aliphatic carbocycles. The van der Waals surface area contributed by atoms with Crippen LogP contribution in [0.25, 0.3) is 0 Å². The first-order chi connectivity index (χ1) is 10.2. The third-order valence-electron chi connectivity index (χ3n) is 4.62. The molecular weight excluding hydrogens is 278 g/mol. The summed E-state index contributed by atoms with van der Waals surface area (Å²) >= 11 is 1.90.